The minimum absolute atomic E-state index is 0.0928. The van der Waals surface area contributed by atoms with Gasteiger partial charge in [0.2, 0.25) is 0 Å². The standard InChI is InChI=1S/C18H21ClFN3O/c1-3-23(2)12-14-6-4-5-13(9-14)11-21-18(24)22-17-8-7-15(19)10-16(17)20/h4-10H,3,11-12H2,1-2H3,(H2,21,22,24). The zero-order valence-electron chi connectivity index (χ0n) is 13.8. The Bertz CT molecular complexity index is 708. The molecule has 0 saturated heterocycles. The fourth-order valence-electron chi connectivity index (χ4n) is 2.20. The molecule has 2 aromatic rings. The molecule has 0 saturated carbocycles. The molecule has 2 amide bonds. The summed E-state index contributed by atoms with van der Waals surface area (Å²) >= 11 is 5.68. The largest absolute Gasteiger partial charge is 0.334 e. The number of benzene rings is 2. The Hall–Kier alpha value is -2.11. The SMILES string of the molecule is CCN(C)Cc1cccc(CNC(=O)Nc2ccc(Cl)cc2F)c1. The number of carbonyl (C=O) groups is 1. The second kappa shape index (κ2) is 8.66. The first kappa shape index (κ1) is 18.2. The monoisotopic (exact) mass is 349 g/mol. The average molecular weight is 350 g/mol. The molecule has 0 heterocycles. The maximum atomic E-state index is 13.7. The van der Waals surface area contributed by atoms with Crippen molar-refractivity contribution in [1.29, 1.82) is 0 Å². The van der Waals surface area contributed by atoms with E-state index in [4.69, 9.17) is 11.6 Å². The first-order chi connectivity index (χ1) is 11.5. The van der Waals surface area contributed by atoms with E-state index in [1.165, 1.54) is 17.7 Å². The molecule has 0 fully saturated rings. The van der Waals surface area contributed by atoms with Gasteiger partial charge in [-0.15, -0.1) is 0 Å². The molecule has 0 aliphatic rings. The fourth-order valence-corrected chi connectivity index (χ4v) is 2.36. The quantitative estimate of drug-likeness (QED) is 0.818. The van der Waals surface area contributed by atoms with Gasteiger partial charge in [0.25, 0.3) is 0 Å². The number of anilines is 1. The van der Waals surface area contributed by atoms with Gasteiger partial charge in [-0.3, -0.25) is 0 Å². The van der Waals surface area contributed by atoms with Crippen LogP contribution in [0.4, 0.5) is 14.9 Å². The third kappa shape index (κ3) is 5.51. The van der Waals surface area contributed by atoms with Crippen LogP contribution in [0.15, 0.2) is 42.5 Å². The fraction of sp³-hybridized carbons (Fsp3) is 0.278. The van der Waals surface area contributed by atoms with Crippen molar-refractivity contribution in [2.75, 3.05) is 18.9 Å². The van der Waals surface area contributed by atoms with Crippen molar-refractivity contribution in [2.24, 2.45) is 0 Å². The van der Waals surface area contributed by atoms with Crippen LogP contribution in [0, 0.1) is 5.82 Å². The van der Waals surface area contributed by atoms with Crippen molar-refractivity contribution in [2.45, 2.75) is 20.0 Å². The third-order valence-electron chi connectivity index (χ3n) is 3.62. The lowest BCUT2D eigenvalue weighted by molar-refractivity contribution is 0.251. The van der Waals surface area contributed by atoms with E-state index >= 15 is 0 Å². The topological polar surface area (TPSA) is 44.4 Å². The maximum absolute atomic E-state index is 13.7. The summed E-state index contributed by atoms with van der Waals surface area (Å²) < 4.78 is 13.7. The van der Waals surface area contributed by atoms with Crippen molar-refractivity contribution in [3.05, 3.63) is 64.4 Å². The van der Waals surface area contributed by atoms with E-state index in [2.05, 4.69) is 41.6 Å². The second-order valence-corrected chi connectivity index (χ2v) is 6.02. The molecule has 2 aromatic carbocycles. The van der Waals surface area contributed by atoms with Crippen LogP contribution in [0.2, 0.25) is 5.02 Å². The first-order valence-corrected chi connectivity index (χ1v) is 8.12. The molecular formula is C18H21ClFN3O. The Balaban J connectivity index is 1.90. The Morgan fingerprint density at radius 2 is 1.96 bits per heavy atom. The number of hydrogen-bond donors (Lipinski definition) is 2. The molecule has 128 valence electrons. The van der Waals surface area contributed by atoms with Crippen LogP contribution in [0.5, 0.6) is 0 Å². The Morgan fingerprint density at radius 1 is 1.21 bits per heavy atom. The molecule has 0 aromatic heterocycles. The highest BCUT2D eigenvalue weighted by atomic mass is 35.5. The molecule has 6 heteroatoms. The van der Waals surface area contributed by atoms with Crippen LogP contribution in [-0.2, 0) is 13.1 Å². The average Bonchev–Trinajstić information content (AvgIpc) is 2.56. The van der Waals surface area contributed by atoms with Gasteiger partial charge >= 0.3 is 6.03 Å². The predicted molar refractivity (Wildman–Crippen MR) is 95.7 cm³/mol. The lowest BCUT2D eigenvalue weighted by atomic mass is 10.1. The van der Waals surface area contributed by atoms with Crippen LogP contribution < -0.4 is 10.6 Å². The summed E-state index contributed by atoms with van der Waals surface area (Å²) in [6.45, 7) is 4.29. The molecule has 0 unspecified atom stereocenters. The van der Waals surface area contributed by atoms with Gasteiger partial charge < -0.3 is 15.5 Å². The van der Waals surface area contributed by atoms with Gasteiger partial charge in [0, 0.05) is 18.1 Å². The summed E-state index contributed by atoms with van der Waals surface area (Å²) in [7, 11) is 2.05. The van der Waals surface area contributed by atoms with E-state index in [1.807, 2.05) is 12.1 Å². The lowest BCUT2D eigenvalue weighted by Gasteiger charge is -2.14. The Labute approximate surface area is 146 Å². The summed E-state index contributed by atoms with van der Waals surface area (Å²) in [6, 6.07) is 11.7. The molecule has 24 heavy (non-hydrogen) atoms. The van der Waals surface area contributed by atoms with E-state index in [1.54, 1.807) is 0 Å². The van der Waals surface area contributed by atoms with E-state index < -0.39 is 11.8 Å². The van der Waals surface area contributed by atoms with Crippen LogP contribution in [0.1, 0.15) is 18.1 Å². The minimum atomic E-state index is -0.567. The van der Waals surface area contributed by atoms with Gasteiger partial charge in [-0.25, -0.2) is 9.18 Å². The lowest BCUT2D eigenvalue weighted by Crippen LogP contribution is -2.28. The molecule has 0 spiro atoms. The summed E-state index contributed by atoms with van der Waals surface area (Å²) in [6.07, 6.45) is 0. The number of carbonyl (C=O) groups excluding carboxylic acids is 1. The zero-order chi connectivity index (χ0) is 17.5. The molecule has 0 atom stereocenters. The zero-order valence-corrected chi connectivity index (χ0v) is 14.5. The molecule has 0 radical (unpaired) electrons. The maximum Gasteiger partial charge on any atom is 0.319 e. The van der Waals surface area contributed by atoms with E-state index in [0.717, 1.165) is 24.7 Å². The van der Waals surface area contributed by atoms with Crippen LogP contribution in [0.25, 0.3) is 0 Å². The molecule has 2 N–H and O–H groups in total. The van der Waals surface area contributed by atoms with Gasteiger partial charge in [0.05, 0.1) is 5.69 Å². The van der Waals surface area contributed by atoms with E-state index in [0.29, 0.717) is 6.54 Å². The van der Waals surface area contributed by atoms with Gasteiger partial charge in [-0.1, -0.05) is 42.8 Å². The highest BCUT2D eigenvalue weighted by molar-refractivity contribution is 6.30. The number of urea groups is 1. The van der Waals surface area contributed by atoms with E-state index in [9.17, 15) is 9.18 Å². The summed E-state index contributed by atoms with van der Waals surface area (Å²) in [5.41, 5.74) is 2.27. The first-order valence-electron chi connectivity index (χ1n) is 7.74. The van der Waals surface area contributed by atoms with Crippen molar-refractivity contribution < 1.29 is 9.18 Å². The molecule has 0 bridgehead atoms. The van der Waals surface area contributed by atoms with Gasteiger partial charge in [-0.05, 0) is 42.9 Å². The van der Waals surface area contributed by atoms with Crippen LogP contribution in [-0.4, -0.2) is 24.5 Å². The molecular weight excluding hydrogens is 329 g/mol. The van der Waals surface area contributed by atoms with Gasteiger partial charge in [0.1, 0.15) is 5.82 Å². The molecule has 0 aliphatic heterocycles. The number of halogens is 2. The van der Waals surface area contributed by atoms with Gasteiger partial charge in [0.15, 0.2) is 0 Å². The number of nitrogens with one attached hydrogen (secondary N) is 2. The smallest absolute Gasteiger partial charge is 0.319 e. The summed E-state index contributed by atoms with van der Waals surface area (Å²) in [5, 5.41) is 5.48. The number of amides is 2. The molecule has 0 aliphatic carbocycles. The van der Waals surface area contributed by atoms with Crippen molar-refractivity contribution in [3.63, 3.8) is 0 Å². The third-order valence-corrected chi connectivity index (χ3v) is 3.85. The minimum Gasteiger partial charge on any atom is -0.334 e. The Kier molecular flexibility index (Phi) is 6.58. The van der Waals surface area contributed by atoms with Crippen molar-refractivity contribution in [1.82, 2.24) is 10.2 Å². The highest BCUT2D eigenvalue weighted by Crippen LogP contribution is 2.18. The molecule has 4 nitrogen and oxygen atoms in total. The Morgan fingerprint density at radius 3 is 2.67 bits per heavy atom. The van der Waals surface area contributed by atoms with Gasteiger partial charge in [-0.2, -0.15) is 0 Å². The number of hydrogen-bond acceptors (Lipinski definition) is 2. The molecule has 2 rings (SSSR count). The van der Waals surface area contributed by atoms with E-state index in [-0.39, 0.29) is 10.7 Å². The summed E-state index contributed by atoms with van der Waals surface area (Å²) in [4.78, 5) is 14.1. The second-order valence-electron chi connectivity index (χ2n) is 5.58. The summed E-state index contributed by atoms with van der Waals surface area (Å²) in [5.74, 6) is -0.567. The number of rotatable bonds is 6. The number of nitrogens with zero attached hydrogens (tertiary/aromatic N) is 1. The van der Waals surface area contributed by atoms with Crippen LogP contribution >= 0.6 is 11.6 Å². The highest BCUT2D eigenvalue weighted by Gasteiger charge is 2.07. The van der Waals surface area contributed by atoms with Crippen molar-refractivity contribution >= 4 is 23.3 Å². The normalized spacial score (nSPS) is 10.7. The predicted octanol–water partition coefficient (Wildman–Crippen LogP) is 4.25. The van der Waals surface area contributed by atoms with Crippen LogP contribution in [0.3, 0.4) is 0 Å². The van der Waals surface area contributed by atoms with Crippen molar-refractivity contribution in [3.8, 4) is 0 Å².